The Labute approximate surface area is 93.3 Å². The number of unbranched alkanes of at least 4 members (excludes halogenated alkanes) is 3. The standard InChI is InChI=1S/C12H25NO2/c1-10(2)8-6-4-5-7-9-13-11(3)12(14)15/h10-11,13H,4-9H2,1-3H3,(H,14,15). The molecule has 0 aliphatic heterocycles. The molecule has 15 heavy (non-hydrogen) atoms. The zero-order valence-corrected chi connectivity index (χ0v) is 10.3. The second-order valence-electron chi connectivity index (χ2n) is 4.61. The van der Waals surface area contributed by atoms with Gasteiger partial charge in [-0.2, -0.15) is 0 Å². The van der Waals surface area contributed by atoms with E-state index in [9.17, 15) is 4.79 Å². The van der Waals surface area contributed by atoms with Gasteiger partial charge >= 0.3 is 5.97 Å². The van der Waals surface area contributed by atoms with Crippen molar-refractivity contribution in [2.75, 3.05) is 6.54 Å². The van der Waals surface area contributed by atoms with E-state index in [-0.39, 0.29) is 0 Å². The number of rotatable bonds is 9. The van der Waals surface area contributed by atoms with Crippen LogP contribution in [-0.2, 0) is 4.79 Å². The van der Waals surface area contributed by atoms with Crippen LogP contribution < -0.4 is 5.32 Å². The highest BCUT2D eigenvalue weighted by Gasteiger charge is 2.07. The van der Waals surface area contributed by atoms with Gasteiger partial charge in [0.1, 0.15) is 6.04 Å². The molecule has 0 aromatic rings. The summed E-state index contributed by atoms with van der Waals surface area (Å²) in [5, 5.41) is 11.6. The van der Waals surface area contributed by atoms with E-state index in [0.29, 0.717) is 0 Å². The number of hydrogen-bond donors (Lipinski definition) is 2. The number of hydrogen-bond acceptors (Lipinski definition) is 2. The predicted octanol–water partition coefficient (Wildman–Crippen LogP) is 2.66. The summed E-state index contributed by atoms with van der Waals surface area (Å²) in [7, 11) is 0. The second kappa shape index (κ2) is 8.72. The van der Waals surface area contributed by atoms with Gasteiger partial charge in [-0.05, 0) is 25.8 Å². The molecule has 0 bridgehead atoms. The minimum Gasteiger partial charge on any atom is -0.480 e. The smallest absolute Gasteiger partial charge is 0.320 e. The molecule has 0 saturated heterocycles. The van der Waals surface area contributed by atoms with Crippen molar-refractivity contribution in [3.8, 4) is 0 Å². The molecule has 0 fully saturated rings. The van der Waals surface area contributed by atoms with Gasteiger partial charge in [-0.3, -0.25) is 4.79 Å². The van der Waals surface area contributed by atoms with Crippen LogP contribution >= 0.6 is 0 Å². The van der Waals surface area contributed by atoms with Crippen LogP contribution in [0.5, 0.6) is 0 Å². The number of aliphatic carboxylic acids is 1. The summed E-state index contributed by atoms with van der Waals surface area (Å²) in [6.45, 7) is 6.99. The van der Waals surface area contributed by atoms with E-state index < -0.39 is 12.0 Å². The van der Waals surface area contributed by atoms with Crippen molar-refractivity contribution >= 4 is 5.97 Å². The molecule has 90 valence electrons. The maximum Gasteiger partial charge on any atom is 0.320 e. The average molecular weight is 215 g/mol. The number of nitrogens with one attached hydrogen (secondary N) is 1. The monoisotopic (exact) mass is 215 g/mol. The van der Waals surface area contributed by atoms with Crippen molar-refractivity contribution in [3.05, 3.63) is 0 Å². The van der Waals surface area contributed by atoms with Crippen LogP contribution in [0.25, 0.3) is 0 Å². The van der Waals surface area contributed by atoms with Crippen molar-refractivity contribution in [2.24, 2.45) is 5.92 Å². The van der Waals surface area contributed by atoms with Crippen molar-refractivity contribution in [2.45, 2.75) is 58.9 Å². The fourth-order valence-electron chi connectivity index (χ4n) is 1.44. The quantitative estimate of drug-likeness (QED) is 0.581. The molecule has 0 spiro atoms. The van der Waals surface area contributed by atoms with Gasteiger partial charge in [0.05, 0.1) is 0 Å². The van der Waals surface area contributed by atoms with Gasteiger partial charge < -0.3 is 10.4 Å². The van der Waals surface area contributed by atoms with Gasteiger partial charge in [-0.1, -0.05) is 39.5 Å². The lowest BCUT2D eigenvalue weighted by atomic mass is 10.0. The highest BCUT2D eigenvalue weighted by molar-refractivity contribution is 5.72. The Morgan fingerprint density at radius 3 is 2.27 bits per heavy atom. The molecule has 0 amide bonds. The van der Waals surface area contributed by atoms with Crippen molar-refractivity contribution in [1.82, 2.24) is 5.32 Å². The zero-order chi connectivity index (χ0) is 11.7. The molecule has 1 unspecified atom stereocenters. The molecule has 2 N–H and O–H groups in total. The molecule has 0 aromatic carbocycles. The average Bonchev–Trinajstić information content (AvgIpc) is 2.15. The first-order chi connectivity index (χ1) is 7.04. The van der Waals surface area contributed by atoms with Crippen LogP contribution in [0, 0.1) is 5.92 Å². The lowest BCUT2D eigenvalue weighted by Gasteiger charge is -2.08. The highest BCUT2D eigenvalue weighted by Crippen LogP contribution is 2.08. The van der Waals surface area contributed by atoms with E-state index >= 15 is 0 Å². The largest absolute Gasteiger partial charge is 0.480 e. The van der Waals surface area contributed by atoms with Gasteiger partial charge in [-0.25, -0.2) is 0 Å². The van der Waals surface area contributed by atoms with Crippen molar-refractivity contribution < 1.29 is 9.90 Å². The van der Waals surface area contributed by atoms with Crippen LogP contribution in [0.15, 0.2) is 0 Å². The van der Waals surface area contributed by atoms with Crippen LogP contribution in [0.2, 0.25) is 0 Å². The SMILES string of the molecule is CC(C)CCCCCCNC(C)C(=O)O. The summed E-state index contributed by atoms with van der Waals surface area (Å²) in [6, 6.07) is -0.416. The Morgan fingerprint density at radius 2 is 1.73 bits per heavy atom. The number of carboxylic acids is 1. The predicted molar refractivity (Wildman–Crippen MR) is 63.0 cm³/mol. The van der Waals surface area contributed by atoms with E-state index in [2.05, 4.69) is 19.2 Å². The molecule has 0 saturated carbocycles. The molecule has 0 aliphatic carbocycles. The number of carboxylic acid groups (broad SMARTS) is 1. The van der Waals surface area contributed by atoms with Gasteiger partial charge in [-0.15, -0.1) is 0 Å². The summed E-state index contributed by atoms with van der Waals surface area (Å²) >= 11 is 0. The van der Waals surface area contributed by atoms with E-state index in [4.69, 9.17) is 5.11 Å². The Hall–Kier alpha value is -0.570. The molecule has 0 aliphatic rings. The van der Waals surface area contributed by atoms with Gasteiger partial charge in [0.2, 0.25) is 0 Å². The molecule has 0 aromatic heterocycles. The molecule has 3 nitrogen and oxygen atoms in total. The minimum absolute atomic E-state index is 0.416. The van der Waals surface area contributed by atoms with Crippen LogP contribution in [-0.4, -0.2) is 23.7 Å². The summed E-state index contributed by atoms with van der Waals surface area (Å²) in [5.41, 5.74) is 0. The molecule has 3 heteroatoms. The first-order valence-corrected chi connectivity index (χ1v) is 6.00. The maximum atomic E-state index is 10.5. The van der Waals surface area contributed by atoms with E-state index in [1.807, 2.05) is 0 Å². The summed E-state index contributed by atoms with van der Waals surface area (Å²) < 4.78 is 0. The lowest BCUT2D eigenvalue weighted by molar-refractivity contribution is -0.138. The molecule has 0 heterocycles. The van der Waals surface area contributed by atoms with Gasteiger partial charge in [0, 0.05) is 0 Å². The van der Waals surface area contributed by atoms with Crippen LogP contribution in [0.1, 0.15) is 52.9 Å². The van der Waals surface area contributed by atoms with E-state index in [1.54, 1.807) is 6.92 Å². The Bertz CT molecular complexity index is 169. The third-order valence-electron chi connectivity index (χ3n) is 2.53. The zero-order valence-electron chi connectivity index (χ0n) is 10.3. The van der Waals surface area contributed by atoms with Gasteiger partial charge in [0.25, 0.3) is 0 Å². The summed E-state index contributed by atoms with van der Waals surface area (Å²) in [6.07, 6.45) is 6.15. The van der Waals surface area contributed by atoms with Crippen molar-refractivity contribution in [3.63, 3.8) is 0 Å². The Kier molecular flexibility index (Phi) is 8.38. The van der Waals surface area contributed by atoms with Gasteiger partial charge in [0.15, 0.2) is 0 Å². The molecule has 0 rings (SSSR count). The normalized spacial score (nSPS) is 13.1. The highest BCUT2D eigenvalue weighted by atomic mass is 16.4. The first kappa shape index (κ1) is 14.4. The molecular formula is C12H25NO2. The fraction of sp³-hybridized carbons (Fsp3) is 0.917. The number of carbonyl (C=O) groups is 1. The first-order valence-electron chi connectivity index (χ1n) is 6.00. The molecule has 1 atom stereocenters. The van der Waals surface area contributed by atoms with E-state index in [1.165, 1.54) is 25.7 Å². The topological polar surface area (TPSA) is 49.3 Å². The van der Waals surface area contributed by atoms with E-state index in [0.717, 1.165) is 18.9 Å². The third-order valence-corrected chi connectivity index (χ3v) is 2.53. The van der Waals surface area contributed by atoms with Crippen molar-refractivity contribution in [1.29, 1.82) is 0 Å². The maximum absolute atomic E-state index is 10.5. The Morgan fingerprint density at radius 1 is 1.13 bits per heavy atom. The molecule has 0 radical (unpaired) electrons. The van der Waals surface area contributed by atoms with Crippen LogP contribution in [0.4, 0.5) is 0 Å². The van der Waals surface area contributed by atoms with Crippen LogP contribution in [0.3, 0.4) is 0 Å². The summed E-state index contributed by atoms with van der Waals surface area (Å²) in [4.78, 5) is 10.5. The minimum atomic E-state index is -0.769. The fourth-order valence-corrected chi connectivity index (χ4v) is 1.44. The second-order valence-corrected chi connectivity index (χ2v) is 4.61. The lowest BCUT2D eigenvalue weighted by Crippen LogP contribution is -2.34. The molecular weight excluding hydrogens is 190 g/mol. The third kappa shape index (κ3) is 9.73. The Balaban J connectivity index is 3.15. The summed E-state index contributed by atoms with van der Waals surface area (Å²) in [5.74, 6) is 0.0324.